The Morgan fingerprint density at radius 3 is 1.50 bits per heavy atom. The number of hydrogen-bond donors (Lipinski definition) is 5. The number of nitrogens with zero attached hydrogens (tertiary/aromatic N) is 1. The Morgan fingerprint density at radius 2 is 1.40 bits per heavy atom. The van der Waals surface area contributed by atoms with Crippen molar-refractivity contribution < 1.29 is 38.9 Å². The molecule has 0 atom stereocenters. The number of carboxylic acid groups (broad SMARTS) is 1. The quantitative estimate of drug-likeness (QED) is 0.314. The van der Waals surface area contributed by atoms with Gasteiger partial charge in [-0.15, -0.1) is 0 Å². The molecule has 0 fully saturated rings. The van der Waals surface area contributed by atoms with Gasteiger partial charge in [0.05, 0.1) is 26.4 Å². The molecule has 0 amide bonds. The first kappa shape index (κ1) is 24.0. The van der Waals surface area contributed by atoms with Gasteiger partial charge in [0.1, 0.15) is 0 Å². The van der Waals surface area contributed by atoms with E-state index in [1.54, 1.807) is 11.8 Å². The maximum atomic E-state index is 9.56. The predicted octanol–water partition coefficient (Wildman–Crippen LogP) is -2.21. The van der Waals surface area contributed by atoms with Crippen molar-refractivity contribution in [1.82, 2.24) is 4.90 Å². The van der Waals surface area contributed by atoms with Gasteiger partial charge in [0, 0.05) is 26.6 Å². The topological polar surface area (TPSA) is 148 Å². The second kappa shape index (κ2) is 20.2. The summed E-state index contributed by atoms with van der Waals surface area (Å²) in [5, 5.41) is 32.9. The van der Waals surface area contributed by atoms with E-state index in [4.69, 9.17) is 30.0 Å². The highest BCUT2D eigenvalue weighted by Crippen LogP contribution is 1.84. The fourth-order valence-electron chi connectivity index (χ4n) is 0.883. The fourth-order valence-corrected chi connectivity index (χ4v) is 1.13. The molecule has 0 saturated heterocycles. The van der Waals surface area contributed by atoms with E-state index in [0.717, 1.165) is 6.92 Å². The average Bonchev–Trinajstić information content (AvgIpc) is 2.30. The van der Waals surface area contributed by atoms with E-state index in [2.05, 4.69) is 4.43 Å². The molecule has 0 rings (SSSR count). The molecule has 0 aliphatic rings. The minimum atomic E-state index is -2.64. The highest BCUT2D eigenvalue weighted by Gasteiger charge is 2.00. The Labute approximate surface area is 119 Å². The van der Waals surface area contributed by atoms with E-state index in [1.165, 1.54) is 0 Å². The standard InChI is InChI=1S/C6H15NO3.C2H6O3Si.C2H4O2/c8-4-1-7(2-5-9)3-6-10;1-2-5-6(3)4;1-2(3)4/h8-10H,1-6H2;3H,2H2,1H3;1H3,(H,3,4). The zero-order valence-corrected chi connectivity index (χ0v) is 12.9. The minimum Gasteiger partial charge on any atom is -0.511 e. The zero-order chi connectivity index (χ0) is 16.4. The lowest BCUT2D eigenvalue weighted by Crippen LogP contribution is -2.32. The third kappa shape index (κ3) is 36.0. The van der Waals surface area contributed by atoms with Crippen molar-refractivity contribution in [3.8, 4) is 0 Å². The summed E-state index contributed by atoms with van der Waals surface area (Å²) >= 11 is 0. The Hall–Kier alpha value is -1.07. The molecule has 0 spiro atoms. The monoisotopic (exact) mass is 315 g/mol. The summed E-state index contributed by atoms with van der Waals surface area (Å²) in [5.74, 6) is -0.833. The summed E-state index contributed by atoms with van der Waals surface area (Å²) in [4.78, 5) is 18.7. The van der Waals surface area contributed by atoms with Crippen LogP contribution in [0, 0.1) is 0 Å². The second-order valence-electron chi connectivity index (χ2n) is 3.23. The summed E-state index contributed by atoms with van der Waals surface area (Å²) in [6.45, 7) is 4.82. The van der Waals surface area contributed by atoms with Crippen molar-refractivity contribution in [2.24, 2.45) is 0 Å². The van der Waals surface area contributed by atoms with Gasteiger partial charge in [-0.3, -0.25) is 14.2 Å². The van der Waals surface area contributed by atoms with E-state index in [9.17, 15) is 4.46 Å². The van der Waals surface area contributed by atoms with Gasteiger partial charge in [-0.1, -0.05) is 0 Å². The molecular weight excluding hydrogens is 290 g/mol. The molecule has 0 unspecified atom stereocenters. The number of aliphatic hydroxyl groups excluding tert-OH is 3. The SMILES string of the molecule is CC(=O)O.CCO[Si](=O)O.OCCN(CCO)CCO. The molecule has 0 aliphatic carbocycles. The van der Waals surface area contributed by atoms with Gasteiger partial charge >= 0.3 is 9.17 Å². The largest absolute Gasteiger partial charge is 0.764 e. The van der Waals surface area contributed by atoms with Gasteiger partial charge in [-0.2, -0.15) is 0 Å². The van der Waals surface area contributed by atoms with Gasteiger partial charge in [0.2, 0.25) is 0 Å². The fraction of sp³-hybridized carbons (Fsp3) is 0.900. The first-order valence-corrected chi connectivity index (χ1v) is 7.22. The molecule has 10 heteroatoms. The van der Waals surface area contributed by atoms with Crippen molar-refractivity contribution >= 4 is 15.1 Å². The molecule has 5 N–H and O–H groups in total. The molecule has 9 nitrogen and oxygen atoms in total. The lowest BCUT2D eigenvalue weighted by Gasteiger charge is -2.17. The van der Waals surface area contributed by atoms with Crippen LogP contribution in [0.15, 0.2) is 0 Å². The third-order valence-electron chi connectivity index (χ3n) is 1.52. The van der Waals surface area contributed by atoms with Crippen molar-refractivity contribution in [3.05, 3.63) is 0 Å². The Kier molecular flexibility index (Phi) is 24.3. The number of carboxylic acids is 1. The van der Waals surface area contributed by atoms with E-state index in [0.29, 0.717) is 26.2 Å². The zero-order valence-electron chi connectivity index (χ0n) is 11.9. The first-order valence-electron chi connectivity index (χ1n) is 5.95. The smallest absolute Gasteiger partial charge is 0.511 e. The van der Waals surface area contributed by atoms with Gasteiger partial charge in [-0.25, -0.2) is 0 Å². The predicted molar refractivity (Wildman–Crippen MR) is 71.3 cm³/mol. The molecule has 0 aliphatic heterocycles. The summed E-state index contributed by atoms with van der Waals surface area (Å²) in [5.41, 5.74) is 0. The summed E-state index contributed by atoms with van der Waals surface area (Å²) < 4.78 is 13.7. The molecular formula is C10H25NO8Si. The number of hydrogen-bond acceptors (Lipinski definition) is 7. The molecule has 0 bridgehead atoms. The van der Waals surface area contributed by atoms with Crippen molar-refractivity contribution in [1.29, 1.82) is 0 Å². The Morgan fingerprint density at radius 1 is 1.10 bits per heavy atom. The Balaban J connectivity index is -0.000000246. The average molecular weight is 315 g/mol. The van der Waals surface area contributed by atoms with Crippen LogP contribution in [0.4, 0.5) is 0 Å². The van der Waals surface area contributed by atoms with Crippen LogP contribution in [-0.4, -0.2) is 91.3 Å². The summed E-state index contributed by atoms with van der Waals surface area (Å²) in [6.07, 6.45) is 0. The Bertz CT molecular complexity index is 211. The van der Waals surface area contributed by atoms with Crippen LogP contribution in [0.1, 0.15) is 13.8 Å². The van der Waals surface area contributed by atoms with Crippen LogP contribution in [-0.2, 0) is 13.7 Å². The van der Waals surface area contributed by atoms with Crippen LogP contribution in [0.2, 0.25) is 0 Å². The van der Waals surface area contributed by atoms with Crippen molar-refractivity contribution in [2.75, 3.05) is 46.1 Å². The lowest BCUT2D eigenvalue weighted by molar-refractivity contribution is -0.134. The number of aliphatic carboxylic acids is 1. The van der Waals surface area contributed by atoms with Gasteiger partial charge in [-0.05, 0) is 6.92 Å². The molecule has 0 radical (unpaired) electrons. The lowest BCUT2D eigenvalue weighted by atomic mass is 10.4. The highest BCUT2D eigenvalue weighted by molar-refractivity contribution is 6.24. The summed E-state index contributed by atoms with van der Waals surface area (Å²) in [7, 11) is -2.64. The highest BCUT2D eigenvalue weighted by atomic mass is 28.3. The van der Waals surface area contributed by atoms with Crippen LogP contribution in [0.5, 0.6) is 0 Å². The first-order chi connectivity index (χ1) is 9.35. The van der Waals surface area contributed by atoms with E-state index >= 15 is 0 Å². The molecule has 0 aromatic rings. The van der Waals surface area contributed by atoms with Crippen LogP contribution in [0.25, 0.3) is 0 Å². The molecule has 0 aromatic heterocycles. The van der Waals surface area contributed by atoms with E-state index < -0.39 is 15.1 Å². The van der Waals surface area contributed by atoms with Crippen LogP contribution in [0.3, 0.4) is 0 Å². The number of carbonyl (C=O) groups is 1. The second-order valence-corrected chi connectivity index (χ2v) is 4.05. The molecule has 122 valence electrons. The molecule has 0 saturated carbocycles. The van der Waals surface area contributed by atoms with E-state index in [-0.39, 0.29) is 19.8 Å². The van der Waals surface area contributed by atoms with Gasteiger partial charge in [0.25, 0.3) is 5.97 Å². The summed E-state index contributed by atoms with van der Waals surface area (Å²) in [6, 6.07) is 0. The maximum absolute atomic E-state index is 9.56. The molecule has 20 heavy (non-hydrogen) atoms. The van der Waals surface area contributed by atoms with Gasteiger partial charge < -0.3 is 29.6 Å². The van der Waals surface area contributed by atoms with Crippen LogP contribution >= 0.6 is 0 Å². The normalized spacial score (nSPS) is 8.90. The third-order valence-corrected chi connectivity index (χ3v) is 2.05. The van der Waals surface area contributed by atoms with Gasteiger partial charge in [0.15, 0.2) is 0 Å². The van der Waals surface area contributed by atoms with E-state index in [1.807, 2.05) is 0 Å². The van der Waals surface area contributed by atoms with Crippen molar-refractivity contribution in [3.63, 3.8) is 0 Å². The number of aliphatic hydroxyl groups is 3. The number of rotatable bonds is 8. The van der Waals surface area contributed by atoms with Crippen molar-refractivity contribution in [2.45, 2.75) is 13.8 Å². The maximum Gasteiger partial charge on any atom is 0.764 e. The minimum absolute atomic E-state index is 0.0694. The van der Waals surface area contributed by atoms with Crippen LogP contribution < -0.4 is 0 Å². The molecule has 0 heterocycles. The molecule has 0 aromatic carbocycles.